The molecule has 2 aromatic rings. The number of amides is 1. The number of hydrogen-bond donors (Lipinski definition) is 1. The van der Waals surface area contributed by atoms with Gasteiger partial charge in [-0.3, -0.25) is 4.79 Å². The number of ether oxygens (including phenoxy) is 1. The molecule has 0 unspecified atom stereocenters. The quantitative estimate of drug-likeness (QED) is 0.857. The lowest BCUT2D eigenvalue weighted by Crippen LogP contribution is -2.44. The van der Waals surface area contributed by atoms with E-state index in [4.69, 9.17) is 4.74 Å². The first-order valence-electron chi connectivity index (χ1n) is 10.2. The Hall–Kier alpha value is -2.64. The smallest absolute Gasteiger partial charge is 0.257 e. The van der Waals surface area contributed by atoms with E-state index in [9.17, 15) is 4.79 Å². The second-order valence-corrected chi connectivity index (χ2v) is 7.75. The molecule has 0 spiro atoms. The maximum atomic E-state index is 12.7. The van der Waals surface area contributed by atoms with Crippen LogP contribution in [0.25, 0.3) is 0 Å². The summed E-state index contributed by atoms with van der Waals surface area (Å²) in [5.74, 6) is 0.749. The molecule has 0 saturated carbocycles. The van der Waals surface area contributed by atoms with E-state index in [2.05, 4.69) is 44.2 Å². The second kappa shape index (κ2) is 8.80. The Morgan fingerprint density at radius 3 is 2.41 bits per heavy atom. The van der Waals surface area contributed by atoms with Gasteiger partial charge in [0.2, 0.25) is 0 Å². The number of pyridine rings is 1. The first-order chi connectivity index (χ1) is 14.1. The van der Waals surface area contributed by atoms with E-state index >= 15 is 0 Å². The molecular weight excluding hydrogens is 366 g/mol. The Labute approximate surface area is 172 Å². The van der Waals surface area contributed by atoms with Crippen LogP contribution in [0.15, 0.2) is 36.5 Å². The van der Waals surface area contributed by atoms with Gasteiger partial charge in [0.1, 0.15) is 5.82 Å². The number of anilines is 3. The lowest BCUT2D eigenvalue weighted by Gasteiger charge is -2.34. The van der Waals surface area contributed by atoms with Crippen molar-refractivity contribution in [2.45, 2.75) is 6.92 Å². The van der Waals surface area contributed by atoms with Crippen molar-refractivity contribution in [3.05, 3.63) is 47.7 Å². The number of nitrogens with one attached hydrogen (secondary N) is 1. The third-order valence-corrected chi connectivity index (χ3v) is 5.67. The molecule has 2 fully saturated rings. The van der Waals surface area contributed by atoms with Crippen molar-refractivity contribution in [2.75, 3.05) is 74.6 Å². The maximum Gasteiger partial charge on any atom is 0.257 e. The summed E-state index contributed by atoms with van der Waals surface area (Å²) in [4.78, 5) is 24.1. The number of carbonyl (C=O) groups excluding carboxylic acids is 1. The van der Waals surface area contributed by atoms with Crippen molar-refractivity contribution in [1.82, 2.24) is 9.88 Å². The van der Waals surface area contributed by atoms with Crippen LogP contribution in [-0.4, -0.2) is 75.3 Å². The predicted molar refractivity (Wildman–Crippen MR) is 116 cm³/mol. The Kier molecular flexibility index (Phi) is 5.97. The average Bonchev–Trinajstić information content (AvgIpc) is 2.76. The summed E-state index contributed by atoms with van der Waals surface area (Å²) in [6, 6.07) is 9.98. The summed E-state index contributed by atoms with van der Waals surface area (Å²) in [5, 5.41) is 3.02. The van der Waals surface area contributed by atoms with E-state index in [0.29, 0.717) is 18.8 Å². The summed E-state index contributed by atoms with van der Waals surface area (Å²) in [7, 11) is 2.16. The molecule has 2 saturated heterocycles. The molecular formula is C22H29N5O2. The number of carbonyl (C=O) groups is 1. The van der Waals surface area contributed by atoms with Crippen molar-refractivity contribution in [3.63, 3.8) is 0 Å². The van der Waals surface area contributed by atoms with Gasteiger partial charge in [-0.25, -0.2) is 4.98 Å². The summed E-state index contributed by atoms with van der Waals surface area (Å²) in [5.41, 5.74) is 3.67. The molecule has 0 radical (unpaired) electrons. The van der Waals surface area contributed by atoms with Crippen LogP contribution in [0.5, 0.6) is 0 Å². The highest BCUT2D eigenvalue weighted by atomic mass is 16.5. The molecule has 0 atom stereocenters. The Morgan fingerprint density at radius 2 is 1.76 bits per heavy atom. The molecule has 1 N–H and O–H groups in total. The minimum atomic E-state index is -0.138. The molecule has 4 rings (SSSR count). The molecule has 0 aliphatic carbocycles. The van der Waals surface area contributed by atoms with Crippen LogP contribution in [0, 0.1) is 6.92 Å². The van der Waals surface area contributed by atoms with E-state index < -0.39 is 0 Å². The Morgan fingerprint density at radius 1 is 1.00 bits per heavy atom. The van der Waals surface area contributed by atoms with Gasteiger partial charge in [-0.15, -0.1) is 0 Å². The molecule has 1 aromatic carbocycles. The number of morpholine rings is 1. The van der Waals surface area contributed by atoms with E-state index in [1.54, 1.807) is 6.20 Å². The molecule has 7 heteroatoms. The van der Waals surface area contributed by atoms with Crippen LogP contribution in [0.2, 0.25) is 0 Å². The normalized spacial score (nSPS) is 18.0. The van der Waals surface area contributed by atoms with E-state index in [1.165, 1.54) is 5.69 Å². The van der Waals surface area contributed by atoms with Crippen molar-refractivity contribution >= 4 is 23.1 Å². The topological polar surface area (TPSA) is 60.9 Å². The molecule has 3 heterocycles. The lowest BCUT2D eigenvalue weighted by molar-refractivity contribution is 0.102. The molecule has 29 heavy (non-hydrogen) atoms. The second-order valence-electron chi connectivity index (χ2n) is 7.75. The molecule has 2 aliphatic rings. The van der Waals surface area contributed by atoms with Gasteiger partial charge >= 0.3 is 0 Å². The molecule has 154 valence electrons. The number of aryl methyl sites for hydroxylation is 1. The minimum absolute atomic E-state index is 0.138. The highest BCUT2D eigenvalue weighted by Gasteiger charge is 2.16. The van der Waals surface area contributed by atoms with Gasteiger partial charge in [-0.2, -0.15) is 0 Å². The van der Waals surface area contributed by atoms with Crippen molar-refractivity contribution in [3.8, 4) is 0 Å². The SMILES string of the molecule is Cc1cc(N2CCN(C)CC2)ccc1NC(=O)c1ccc(N2CCOCC2)nc1. The molecule has 0 bridgehead atoms. The fraction of sp³-hybridized carbons (Fsp3) is 0.455. The molecule has 2 aliphatic heterocycles. The number of likely N-dealkylation sites (N-methyl/N-ethyl adjacent to an activating group) is 1. The molecule has 1 amide bonds. The summed E-state index contributed by atoms with van der Waals surface area (Å²) < 4.78 is 5.37. The van der Waals surface area contributed by atoms with Crippen molar-refractivity contribution < 1.29 is 9.53 Å². The van der Waals surface area contributed by atoms with E-state index in [0.717, 1.165) is 56.3 Å². The van der Waals surface area contributed by atoms with Gasteiger partial charge in [-0.05, 0) is 49.9 Å². The average molecular weight is 396 g/mol. The van der Waals surface area contributed by atoms with Gasteiger partial charge in [0.25, 0.3) is 5.91 Å². The van der Waals surface area contributed by atoms with Crippen LogP contribution >= 0.6 is 0 Å². The fourth-order valence-corrected chi connectivity index (χ4v) is 3.74. The summed E-state index contributed by atoms with van der Waals surface area (Å²) in [6.07, 6.45) is 1.65. The zero-order chi connectivity index (χ0) is 20.2. The van der Waals surface area contributed by atoms with Crippen LogP contribution in [-0.2, 0) is 4.74 Å². The van der Waals surface area contributed by atoms with E-state index in [-0.39, 0.29) is 5.91 Å². The third-order valence-electron chi connectivity index (χ3n) is 5.67. The molecule has 7 nitrogen and oxygen atoms in total. The molecule has 1 aromatic heterocycles. The van der Waals surface area contributed by atoms with Gasteiger partial charge in [0.05, 0.1) is 18.8 Å². The van der Waals surface area contributed by atoms with Gasteiger partial charge in [0.15, 0.2) is 0 Å². The zero-order valence-corrected chi connectivity index (χ0v) is 17.2. The standard InChI is InChI=1S/C22H29N5O2/c1-17-15-19(26-9-7-25(2)8-10-26)4-5-20(17)24-22(28)18-3-6-21(23-16-18)27-11-13-29-14-12-27/h3-6,15-16H,7-14H2,1-2H3,(H,24,28). The van der Waals surface area contributed by atoms with Crippen LogP contribution in [0.1, 0.15) is 15.9 Å². The highest BCUT2D eigenvalue weighted by Crippen LogP contribution is 2.24. The van der Waals surface area contributed by atoms with Crippen LogP contribution in [0.3, 0.4) is 0 Å². The minimum Gasteiger partial charge on any atom is -0.378 e. The van der Waals surface area contributed by atoms with E-state index in [1.807, 2.05) is 25.1 Å². The van der Waals surface area contributed by atoms with Gasteiger partial charge in [-0.1, -0.05) is 0 Å². The largest absolute Gasteiger partial charge is 0.378 e. The Bertz CT molecular complexity index is 841. The summed E-state index contributed by atoms with van der Waals surface area (Å²) in [6.45, 7) is 9.34. The first-order valence-corrected chi connectivity index (χ1v) is 10.2. The fourth-order valence-electron chi connectivity index (χ4n) is 3.74. The monoisotopic (exact) mass is 395 g/mol. The number of rotatable bonds is 4. The zero-order valence-electron chi connectivity index (χ0n) is 17.2. The van der Waals surface area contributed by atoms with Gasteiger partial charge < -0.3 is 24.8 Å². The predicted octanol–water partition coefficient (Wildman–Crippen LogP) is 2.23. The number of benzene rings is 1. The van der Waals surface area contributed by atoms with Crippen molar-refractivity contribution in [1.29, 1.82) is 0 Å². The van der Waals surface area contributed by atoms with Crippen LogP contribution in [0.4, 0.5) is 17.2 Å². The summed E-state index contributed by atoms with van der Waals surface area (Å²) >= 11 is 0. The highest BCUT2D eigenvalue weighted by molar-refractivity contribution is 6.04. The lowest BCUT2D eigenvalue weighted by atomic mass is 10.1. The van der Waals surface area contributed by atoms with Crippen LogP contribution < -0.4 is 15.1 Å². The Balaban J connectivity index is 1.40. The first kappa shape index (κ1) is 19.7. The number of nitrogens with zero attached hydrogens (tertiary/aromatic N) is 4. The number of aromatic nitrogens is 1. The van der Waals surface area contributed by atoms with Gasteiger partial charge in [0, 0.05) is 56.8 Å². The number of hydrogen-bond acceptors (Lipinski definition) is 6. The number of piperazine rings is 1. The van der Waals surface area contributed by atoms with Crippen molar-refractivity contribution in [2.24, 2.45) is 0 Å². The third kappa shape index (κ3) is 4.68. The maximum absolute atomic E-state index is 12.7.